The lowest BCUT2D eigenvalue weighted by Crippen LogP contribution is -2.02. The normalized spacial score (nSPS) is 10.3. The summed E-state index contributed by atoms with van der Waals surface area (Å²) >= 11 is 0. The first kappa shape index (κ1) is 16.4. The predicted octanol–water partition coefficient (Wildman–Crippen LogP) is 3.23. The lowest BCUT2D eigenvalue weighted by Gasteiger charge is -2.13. The van der Waals surface area contributed by atoms with E-state index >= 15 is 0 Å². The number of anilines is 1. The molecule has 0 radical (unpaired) electrons. The van der Waals surface area contributed by atoms with Crippen molar-refractivity contribution in [3.8, 4) is 40.1 Å². The molecule has 0 aliphatic carbocycles. The predicted molar refractivity (Wildman–Crippen MR) is 96.3 cm³/mol. The van der Waals surface area contributed by atoms with E-state index in [0.29, 0.717) is 22.8 Å². The van der Waals surface area contributed by atoms with Gasteiger partial charge in [-0.2, -0.15) is 5.26 Å². The summed E-state index contributed by atoms with van der Waals surface area (Å²) in [6, 6.07) is 13.4. The number of pyridine rings is 1. The van der Waals surface area contributed by atoms with Crippen LogP contribution in [0.5, 0.6) is 11.5 Å². The Labute approximate surface area is 146 Å². The van der Waals surface area contributed by atoms with E-state index in [9.17, 15) is 5.26 Å². The van der Waals surface area contributed by atoms with E-state index in [2.05, 4.69) is 11.1 Å². The summed E-state index contributed by atoms with van der Waals surface area (Å²) in [5, 5.41) is 9.49. The van der Waals surface area contributed by atoms with Crippen molar-refractivity contribution in [2.75, 3.05) is 20.0 Å². The van der Waals surface area contributed by atoms with E-state index in [1.807, 2.05) is 54.2 Å². The van der Waals surface area contributed by atoms with Crippen molar-refractivity contribution in [1.29, 1.82) is 5.26 Å². The third-order valence-electron chi connectivity index (χ3n) is 4.06. The molecule has 3 aromatic rings. The molecule has 0 atom stereocenters. The number of nitrogens with zero attached hydrogens (tertiary/aromatic N) is 3. The van der Waals surface area contributed by atoms with Gasteiger partial charge in [0.1, 0.15) is 17.5 Å². The molecule has 6 nitrogen and oxygen atoms in total. The standard InChI is InChI=1S/C19H18N4O2/c1-23-8-4-5-16(23)13-10-15(22-19(21)14(13)11-20)12-6-7-17(24-2)18(9-12)25-3/h4-10H,1-3H3,(H2,21,22). The minimum atomic E-state index is 0.200. The molecule has 0 unspecified atom stereocenters. The van der Waals surface area contributed by atoms with E-state index in [-0.39, 0.29) is 5.82 Å². The van der Waals surface area contributed by atoms with Gasteiger partial charge in [-0.05, 0) is 36.4 Å². The fraction of sp³-hybridized carbons (Fsp3) is 0.158. The summed E-state index contributed by atoms with van der Waals surface area (Å²) in [6.45, 7) is 0. The highest BCUT2D eigenvalue weighted by molar-refractivity contribution is 5.79. The molecule has 2 heterocycles. The van der Waals surface area contributed by atoms with Crippen LogP contribution in [0.2, 0.25) is 0 Å². The van der Waals surface area contributed by atoms with Crippen LogP contribution >= 0.6 is 0 Å². The van der Waals surface area contributed by atoms with Gasteiger partial charge in [0.2, 0.25) is 0 Å². The van der Waals surface area contributed by atoms with Crippen molar-refractivity contribution >= 4 is 5.82 Å². The molecule has 2 N–H and O–H groups in total. The quantitative estimate of drug-likeness (QED) is 0.791. The van der Waals surface area contributed by atoms with Gasteiger partial charge in [-0.3, -0.25) is 0 Å². The van der Waals surface area contributed by atoms with Gasteiger partial charge in [-0.1, -0.05) is 0 Å². The molecular formula is C19H18N4O2. The number of aryl methyl sites for hydroxylation is 1. The van der Waals surface area contributed by atoms with Crippen LogP contribution in [0, 0.1) is 11.3 Å². The number of methoxy groups -OCH3 is 2. The van der Waals surface area contributed by atoms with Crippen LogP contribution < -0.4 is 15.2 Å². The highest BCUT2D eigenvalue weighted by Crippen LogP contribution is 2.35. The van der Waals surface area contributed by atoms with Gasteiger partial charge in [0, 0.05) is 30.1 Å². The number of benzene rings is 1. The molecule has 0 fully saturated rings. The molecule has 0 aliphatic rings. The zero-order valence-corrected chi connectivity index (χ0v) is 14.3. The Hall–Kier alpha value is -3.46. The zero-order chi connectivity index (χ0) is 18.0. The van der Waals surface area contributed by atoms with Crippen molar-refractivity contribution in [1.82, 2.24) is 9.55 Å². The SMILES string of the molecule is COc1ccc(-c2cc(-c3cccn3C)c(C#N)c(N)n2)cc1OC. The number of nitriles is 1. The van der Waals surface area contributed by atoms with Gasteiger partial charge in [0.25, 0.3) is 0 Å². The Morgan fingerprint density at radius 3 is 2.48 bits per heavy atom. The Balaban J connectivity index is 2.21. The third kappa shape index (κ3) is 2.88. The summed E-state index contributed by atoms with van der Waals surface area (Å²) in [5.74, 6) is 1.44. The second-order valence-electron chi connectivity index (χ2n) is 5.50. The molecular weight excluding hydrogens is 316 g/mol. The summed E-state index contributed by atoms with van der Waals surface area (Å²) in [7, 11) is 5.09. The first-order valence-corrected chi connectivity index (χ1v) is 7.63. The van der Waals surface area contributed by atoms with Gasteiger partial charge in [-0.15, -0.1) is 0 Å². The number of ether oxygens (including phenoxy) is 2. The van der Waals surface area contributed by atoms with Gasteiger partial charge >= 0.3 is 0 Å². The molecule has 25 heavy (non-hydrogen) atoms. The molecule has 2 aromatic heterocycles. The van der Waals surface area contributed by atoms with Crippen molar-refractivity contribution in [3.05, 3.63) is 48.2 Å². The number of aromatic nitrogens is 2. The second kappa shape index (κ2) is 6.57. The minimum Gasteiger partial charge on any atom is -0.493 e. The van der Waals surface area contributed by atoms with Gasteiger partial charge in [0.15, 0.2) is 11.5 Å². The average molecular weight is 334 g/mol. The highest BCUT2D eigenvalue weighted by atomic mass is 16.5. The van der Waals surface area contributed by atoms with Gasteiger partial charge < -0.3 is 19.8 Å². The van der Waals surface area contributed by atoms with Crippen LogP contribution in [-0.4, -0.2) is 23.8 Å². The average Bonchev–Trinajstić information content (AvgIpc) is 3.06. The first-order chi connectivity index (χ1) is 12.1. The van der Waals surface area contributed by atoms with E-state index in [1.54, 1.807) is 14.2 Å². The molecule has 1 aromatic carbocycles. The van der Waals surface area contributed by atoms with Crippen LogP contribution in [0.3, 0.4) is 0 Å². The van der Waals surface area contributed by atoms with Crippen LogP contribution in [0.15, 0.2) is 42.6 Å². The van der Waals surface area contributed by atoms with Crippen LogP contribution in [0.25, 0.3) is 22.5 Å². The lowest BCUT2D eigenvalue weighted by molar-refractivity contribution is 0.355. The maximum absolute atomic E-state index is 9.49. The molecule has 0 saturated carbocycles. The Morgan fingerprint density at radius 1 is 1.12 bits per heavy atom. The largest absolute Gasteiger partial charge is 0.493 e. The van der Waals surface area contributed by atoms with Crippen molar-refractivity contribution in [3.63, 3.8) is 0 Å². The molecule has 0 amide bonds. The molecule has 0 saturated heterocycles. The van der Waals surface area contributed by atoms with Crippen molar-refractivity contribution in [2.24, 2.45) is 7.05 Å². The van der Waals surface area contributed by atoms with E-state index < -0.39 is 0 Å². The zero-order valence-electron chi connectivity index (χ0n) is 14.3. The number of hydrogen-bond donors (Lipinski definition) is 1. The lowest BCUT2D eigenvalue weighted by atomic mass is 10.0. The Bertz CT molecular complexity index is 970. The second-order valence-corrected chi connectivity index (χ2v) is 5.50. The van der Waals surface area contributed by atoms with E-state index in [0.717, 1.165) is 16.8 Å². The molecule has 3 rings (SSSR count). The smallest absolute Gasteiger partial charge is 0.161 e. The van der Waals surface area contributed by atoms with Crippen LogP contribution in [0.4, 0.5) is 5.82 Å². The Morgan fingerprint density at radius 2 is 1.88 bits per heavy atom. The minimum absolute atomic E-state index is 0.200. The van der Waals surface area contributed by atoms with Gasteiger partial charge in [-0.25, -0.2) is 4.98 Å². The highest BCUT2D eigenvalue weighted by Gasteiger charge is 2.16. The molecule has 0 spiro atoms. The van der Waals surface area contributed by atoms with Gasteiger partial charge in [0.05, 0.1) is 19.9 Å². The van der Waals surface area contributed by atoms with E-state index in [4.69, 9.17) is 15.2 Å². The van der Waals surface area contributed by atoms with Crippen molar-refractivity contribution in [2.45, 2.75) is 0 Å². The molecule has 0 aliphatic heterocycles. The third-order valence-corrected chi connectivity index (χ3v) is 4.06. The maximum atomic E-state index is 9.49. The number of hydrogen-bond acceptors (Lipinski definition) is 5. The number of nitrogens with two attached hydrogens (primary N) is 1. The summed E-state index contributed by atoms with van der Waals surface area (Å²) in [5.41, 5.74) is 9.54. The molecule has 6 heteroatoms. The monoisotopic (exact) mass is 334 g/mol. The number of nitrogen functional groups attached to an aromatic ring is 1. The van der Waals surface area contributed by atoms with Crippen molar-refractivity contribution < 1.29 is 9.47 Å². The topological polar surface area (TPSA) is 86.1 Å². The van der Waals surface area contributed by atoms with E-state index in [1.165, 1.54) is 0 Å². The molecule has 0 bridgehead atoms. The fourth-order valence-electron chi connectivity index (χ4n) is 2.77. The van der Waals surface area contributed by atoms with Crippen LogP contribution in [-0.2, 0) is 7.05 Å². The molecule has 126 valence electrons. The first-order valence-electron chi connectivity index (χ1n) is 7.63. The summed E-state index contributed by atoms with van der Waals surface area (Å²) in [4.78, 5) is 4.39. The summed E-state index contributed by atoms with van der Waals surface area (Å²) < 4.78 is 12.6. The fourth-order valence-corrected chi connectivity index (χ4v) is 2.77. The van der Waals surface area contributed by atoms with Crippen LogP contribution in [0.1, 0.15) is 5.56 Å². The Kier molecular flexibility index (Phi) is 4.31. The maximum Gasteiger partial charge on any atom is 0.161 e. The number of rotatable bonds is 4. The summed E-state index contributed by atoms with van der Waals surface area (Å²) in [6.07, 6.45) is 1.92.